The zero-order chi connectivity index (χ0) is 20.5. The molecule has 148 valence electrons. The standard InChI is InChI=1S/C19H21N3O6/c1-13(28-17-6-4-3-5-16(17)22(25)26)18(23)21-15-9-7-14(8-10-15)19(24)20-11-12-27-2/h3-10,13H,11-12H2,1-2H3,(H,20,24)(H,21,23). The third kappa shape index (κ3) is 5.78. The SMILES string of the molecule is COCCNC(=O)c1ccc(NC(=O)C(C)Oc2ccccc2[N+](=O)[O-])cc1. The Morgan fingerprint density at radius 2 is 1.82 bits per heavy atom. The van der Waals surface area contributed by atoms with Crippen LogP contribution in [0.4, 0.5) is 11.4 Å². The minimum absolute atomic E-state index is 0.0122. The second-order valence-electron chi connectivity index (χ2n) is 5.80. The van der Waals surface area contributed by atoms with Crippen LogP contribution in [0.1, 0.15) is 17.3 Å². The molecule has 0 saturated heterocycles. The molecule has 0 spiro atoms. The van der Waals surface area contributed by atoms with Gasteiger partial charge in [0.2, 0.25) is 0 Å². The number of amides is 2. The molecule has 0 aliphatic heterocycles. The third-order valence-electron chi connectivity index (χ3n) is 3.74. The summed E-state index contributed by atoms with van der Waals surface area (Å²) in [6, 6.07) is 12.2. The van der Waals surface area contributed by atoms with Crippen LogP contribution in [0.5, 0.6) is 5.75 Å². The molecule has 9 nitrogen and oxygen atoms in total. The molecule has 28 heavy (non-hydrogen) atoms. The number of hydrogen-bond donors (Lipinski definition) is 2. The van der Waals surface area contributed by atoms with Crippen molar-refractivity contribution in [2.24, 2.45) is 0 Å². The van der Waals surface area contributed by atoms with Gasteiger partial charge in [-0.25, -0.2) is 0 Å². The topological polar surface area (TPSA) is 120 Å². The highest BCUT2D eigenvalue weighted by atomic mass is 16.6. The predicted octanol–water partition coefficient (Wildman–Crippen LogP) is 2.38. The molecule has 2 aromatic carbocycles. The summed E-state index contributed by atoms with van der Waals surface area (Å²) in [7, 11) is 1.55. The molecule has 0 aliphatic carbocycles. The van der Waals surface area contributed by atoms with Crippen LogP contribution in [-0.2, 0) is 9.53 Å². The zero-order valence-corrected chi connectivity index (χ0v) is 15.5. The zero-order valence-electron chi connectivity index (χ0n) is 15.5. The third-order valence-corrected chi connectivity index (χ3v) is 3.74. The van der Waals surface area contributed by atoms with Gasteiger partial charge in [0.25, 0.3) is 11.8 Å². The quantitative estimate of drug-likeness (QED) is 0.387. The van der Waals surface area contributed by atoms with Crippen molar-refractivity contribution < 1.29 is 24.0 Å². The number of para-hydroxylation sites is 2. The second-order valence-corrected chi connectivity index (χ2v) is 5.80. The summed E-state index contributed by atoms with van der Waals surface area (Å²) in [5.41, 5.74) is 0.695. The van der Waals surface area contributed by atoms with E-state index in [-0.39, 0.29) is 17.3 Å². The van der Waals surface area contributed by atoms with E-state index in [4.69, 9.17) is 9.47 Å². The van der Waals surface area contributed by atoms with Crippen LogP contribution in [0, 0.1) is 10.1 Å². The highest BCUT2D eigenvalue weighted by molar-refractivity contribution is 5.96. The van der Waals surface area contributed by atoms with Crippen LogP contribution in [0.25, 0.3) is 0 Å². The Labute approximate surface area is 161 Å². The molecule has 1 unspecified atom stereocenters. The molecule has 0 fully saturated rings. The van der Waals surface area contributed by atoms with Crippen LogP contribution >= 0.6 is 0 Å². The van der Waals surface area contributed by atoms with Crippen molar-refractivity contribution in [3.05, 3.63) is 64.2 Å². The van der Waals surface area contributed by atoms with Gasteiger partial charge >= 0.3 is 5.69 Å². The molecule has 2 aromatic rings. The van der Waals surface area contributed by atoms with Crippen LogP contribution in [0.15, 0.2) is 48.5 Å². The summed E-state index contributed by atoms with van der Waals surface area (Å²) in [5, 5.41) is 16.4. The molecule has 9 heteroatoms. The first-order valence-electron chi connectivity index (χ1n) is 8.50. The monoisotopic (exact) mass is 387 g/mol. The summed E-state index contributed by atoms with van der Waals surface area (Å²) >= 11 is 0. The number of methoxy groups -OCH3 is 1. The molecule has 0 saturated carbocycles. The molecule has 0 aliphatic rings. The normalized spacial score (nSPS) is 11.4. The summed E-state index contributed by atoms with van der Waals surface area (Å²) in [6.45, 7) is 2.30. The molecular formula is C19H21N3O6. The number of nitro groups is 1. The van der Waals surface area contributed by atoms with E-state index in [9.17, 15) is 19.7 Å². The van der Waals surface area contributed by atoms with E-state index >= 15 is 0 Å². The minimum Gasteiger partial charge on any atom is -0.474 e. The van der Waals surface area contributed by atoms with Gasteiger partial charge in [0.05, 0.1) is 11.5 Å². The van der Waals surface area contributed by atoms with Crippen molar-refractivity contribution in [2.45, 2.75) is 13.0 Å². The average Bonchev–Trinajstić information content (AvgIpc) is 2.68. The molecule has 0 bridgehead atoms. The van der Waals surface area contributed by atoms with Crippen molar-refractivity contribution in [1.82, 2.24) is 5.32 Å². The number of carbonyl (C=O) groups excluding carboxylic acids is 2. The van der Waals surface area contributed by atoms with E-state index in [1.807, 2.05) is 0 Å². The summed E-state index contributed by atoms with van der Waals surface area (Å²) in [4.78, 5) is 34.7. The average molecular weight is 387 g/mol. The maximum atomic E-state index is 12.3. The van der Waals surface area contributed by atoms with Crippen LogP contribution in [0.3, 0.4) is 0 Å². The van der Waals surface area contributed by atoms with E-state index in [2.05, 4.69) is 10.6 Å². The van der Waals surface area contributed by atoms with Gasteiger partial charge in [-0.3, -0.25) is 19.7 Å². The first kappa shape index (κ1) is 20.8. The van der Waals surface area contributed by atoms with Gasteiger partial charge < -0.3 is 20.1 Å². The number of nitrogens with one attached hydrogen (secondary N) is 2. The smallest absolute Gasteiger partial charge is 0.310 e. The number of ether oxygens (including phenoxy) is 2. The first-order valence-corrected chi connectivity index (χ1v) is 8.50. The van der Waals surface area contributed by atoms with Crippen LogP contribution in [-0.4, -0.2) is 43.1 Å². The number of benzene rings is 2. The Hall–Kier alpha value is -3.46. The minimum atomic E-state index is -0.960. The molecule has 2 amide bonds. The van der Waals surface area contributed by atoms with Gasteiger partial charge in [0.15, 0.2) is 11.9 Å². The van der Waals surface area contributed by atoms with Crippen molar-refractivity contribution in [2.75, 3.05) is 25.6 Å². The maximum Gasteiger partial charge on any atom is 0.310 e. The Balaban J connectivity index is 1.95. The Bertz CT molecular complexity index is 838. The summed E-state index contributed by atoms with van der Waals surface area (Å²) in [6.07, 6.45) is -0.960. The van der Waals surface area contributed by atoms with Crippen molar-refractivity contribution in [3.63, 3.8) is 0 Å². The van der Waals surface area contributed by atoms with Crippen molar-refractivity contribution in [1.29, 1.82) is 0 Å². The van der Waals surface area contributed by atoms with Crippen molar-refractivity contribution in [3.8, 4) is 5.75 Å². The fourth-order valence-corrected chi connectivity index (χ4v) is 2.27. The Morgan fingerprint density at radius 1 is 1.14 bits per heavy atom. The molecule has 2 N–H and O–H groups in total. The van der Waals surface area contributed by atoms with Crippen molar-refractivity contribution >= 4 is 23.2 Å². The number of nitrogens with zero attached hydrogens (tertiary/aromatic N) is 1. The van der Waals surface area contributed by atoms with Gasteiger partial charge in [-0.15, -0.1) is 0 Å². The van der Waals surface area contributed by atoms with E-state index in [0.717, 1.165) is 0 Å². The van der Waals surface area contributed by atoms with Gasteiger partial charge in [-0.2, -0.15) is 0 Å². The number of carbonyl (C=O) groups is 2. The summed E-state index contributed by atoms with van der Waals surface area (Å²) < 4.78 is 10.3. The number of hydrogen-bond acceptors (Lipinski definition) is 6. The van der Waals surface area contributed by atoms with Gasteiger partial charge in [-0.05, 0) is 37.3 Å². The highest BCUT2D eigenvalue weighted by Crippen LogP contribution is 2.27. The molecule has 0 aromatic heterocycles. The first-order chi connectivity index (χ1) is 13.4. The fraction of sp³-hybridized carbons (Fsp3) is 0.263. The largest absolute Gasteiger partial charge is 0.474 e. The second kappa shape index (κ2) is 10.0. The Kier molecular flexibility index (Phi) is 7.46. The lowest BCUT2D eigenvalue weighted by molar-refractivity contribution is -0.386. The molecule has 1 atom stereocenters. The van der Waals surface area contributed by atoms with Gasteiger partial charge in [0, 0.05) is 31.0 Å². The molecule has 0 radical (unpaired) electrons. The van der Waals surface area contributed by atoms with Gasteiger partial charge in [0.1, 0.15) is 0 Å². The Morgan fingerprint density at radius 3 is 2.46 bits per heavy atom. The highest BCUT2D eigenvalue weighted by Gasteiger charge is 2.20. The number of rotatable bonds is 9. The summed E-state index contributed by atoms with van der Waals surface area (Å²) in [5.74, 6) is -0.711. The number of nitro benzene ring substituents is 1. The van der Waals surface area contributed by atoms with Crippen LogP contribution in [0.2, 0.25) is 0 Å². The lowest BCUT2D eigenvalue weighted by Gasteiger charge is -2.15. The molecule has 2 rings (SSSR count). The predicted molar refractivity (Wildman–Crippen MR) is 102 cm³/mol. The van der Waals surface area contributed by atoms with Crippen LogP contribution < -0.4 is 15.4 Å². The molecule has 0 heterocycles. The number of anilines is 1. The van der Waals surface area contributed by atoms with E-state index < -0.39 is 16.9 Å². The lowest BCUT2D eigenvalue weighted by atomic mass is 10.2. The molecular weight excluding hydrogens is 366 g/mol. The fourth-order valence-electron chi connectivity index (χ4n) is 2.27. The van der Waals surface area contributed by atoms with E-state index in [1.54, 1.807) is 37.4 Å². The maximum absolute atomic E-state index is 12.3. The van der Waals surface area contributed by atoms with Gasteiger partial charge in [-0.1, -0.05) is 12.1 Å². The van der Waals surface area contributed by atoms with E-state index in [1.165, 1.54) is 25.1 Å². The van der Waals surface area contributed by atoms with E-state index in [0.29, 0.717) is 24.4 Å². The lowest BCUT2D eigenvalue weighted by Crippen LogP contribution is -2.30.